The first-order valence-corrected chi connectivity index (χ1v) is 7.57. The Labute approximate surface area is 131 Å². The predicted molar refractivity (Wildman–Crippen MR) is 82.7 cm³/mol. The third-order valence-electron chi connectivity index (χ3n) is 2.25. The van der Waals surface area contributed by atoms with Gasteiger partial charge in [-0.15, -0.1) is 0 Å². The summed E-state index contributed by atoms with van der Waals surface area (Å²) in [5, 5.41) is 12.5. The number of pyridine rings is 1. The van der Waals surface area contributed by atoms with Crippen molar-refractivity contribution in [1.29, 1.82) is 0 Å². The van der Waals surface area contributed by atoms with E-state index in [4.69, 9.17) is 10.9 Å². The van der Waals surface area contributed by atoms with Crippen LogP contribution >= 0.6 is 43.6 Å². The van der Waals surface area contributed by atoms with Gasteiger partial charge < -0.3 is 10.9 Å². The maximum Gasteiger partial charge on any atom is 0.170 e. The zero-order chi connectivity index (χ0) is 13.8. The highest BCUT2D eigenvalue weighted by Gasteiger charge is 2.07. The number of hydrogen-bond acceptors (Lipinski definition) is 4. The molecule has 2 rings (SSSR count). The summed E-state index contributed by atoms with van der Waals surface area (Å²) in [7, 11) is 0. The predicted octanol–water partition coefficient (Wildman–Crippen LogP) is 3.85. The quantitative estimate of drug-likeness (QED) is 0.354. The van der Waals surface area contributed by atoms with Crippen LogP contribution in [0.3, 0.4) is 0 Å². The Kier molecular flexibility index (Phi) is 4.84. The van der Waals surface area contributed by atoms with Crippen molar-refractivity contribution >= 4 is 49.5 Å². The van der Waals surface area contributed by atoms with Gasteiger partial charge in [0.05, 0.1) is 0 Å². The van der Waals surface area contributed by atoms with E-state index in [-0.39, 0.29) is 5.84 Å². The zero-order valence-electron chi connectivity index (χ0n) is 9.55. The molecule has 1 heterocycles. The van der Waals surface area contributed by atoms with Gasteiger partial charge in [0.2, 0.25) is 0 Å². The highest BCUT2D eigenvalue weighted by atomic mass is 79.9. The SMILES string of the molecule is N/C(=N/O)c1ccc(Sc2ccc(Br)cn2)c(Br)c1. The molecule has 0 aliphatic rings. The van der Waals surface area contributed by atoms with Gasteiger partial charge in [-0.2, -0.15) is 0 Å². The Morgan fingerprint density at radius 2 is 2.05 bits per heavy atom. The molecule has 0 aliphatic heterocycles. The summed E-state index contributed by atoms with van der Waals surface area (Å²) in [6.07, 6.45) is 1.75. The molecule has 0 radical (unpaired) electrons. The van der Waals surface area contributed by atoms with Crippen LogP contribution in [0.25, 0.3) is 0 Å². The summed E-state index contributed by atoms with van der Waals surface area (Å²) in [5.41, 5.74) is 6.19. The molecule has 7 heteroatoms. The van der Waals surface area contributed by atoms with Gasteiger partial charge in [0.15, 0.2) is 5.84 Å². The van der Waals surface area contributed by atoms with Gasteiger partial charge in [-0.05, 0) is 62.2 Å². The van der Waals surface area contributed by atoms with Crippen molar-refractivity contribution in [2.45, 2.75) is 9.92 Å². The monoisotopic (exact) mass is 401 g/mol. The van der Waals surface area contributed by atoms with E-state index >= 15 is 0 Å². The normalized spacial score (nSPS) is 11.6. The molecule has 1 aromatic heterocycles. The third kappa shape index (κ3) is 3.71. The van der Waals surface area contributed by atoms with E-state index in [1.807, 2.05) is 18.2 Å². The van der Waals surface area contributed by atoms with Crippen LogP contribution in [0.1, 0.15) is 5.56 Å². The Morgan fingerprint density at radius 3 is 2.63 bits per heavy atom. The second-order valence-electron chi connectivity index (χ2n) is 3.55. The van der Waals surface area contributed by atoms with Crippen LogP contribution in [0.5, 0.6) is 0 Å². The van der Waals surface area contributed by atoms with Gasteiger partial charge in [-0.1, -0.05) is 16.9 Å². The van der Waals surface area contributed by atoms with Crippen LogP contribution in [-0.2, 0) is 0 Å². The minimum Gasteiger partial charge on any atom is -0.409 e. The third-order valence-corrected chi connectivity index (χ3v) is 4.66. The Hall–Kier alpha value is -1.05. The van der Waals surface area contributed by atoms with Crippen molar-refractivity contribution in [3.8, 4) is 0 Å². The lowest BCUT2D eigenvalue weighted by Crippen LogP contribution is -2.12. The number of nitrogens with two attached hydrogens (primary N) is 1. The minimum atomic E-state index is 0.0824. The molecular weight excluding hydrogens is 394 g/mol. The number of halogens is 2. The molecule has 0 atom stereocenters. The van der Waals surface area contributed by atoms with Crippen molar-refractivity contribution in [1.82, 2.24) is 4.98 Å². The fraction of sp³-hybridized carbons (Fsp3) is 0. The smallest absolute Gasteiger partial charge is 0.170 e. The van der Waals surface area contributed by atoms with E-state index in [1.54, 1.807) is 18.3 Å². The van der Waals surface area contributed by atoms with Gasteiger partial charge in [-0.3, -0.25) is 0 Å². The number of hydrogen-bond donors (Lipinski definition) is 2. The standard InChI is InChI=1S/C12H9Br2N3OS/c13-8-2-4-11(16-6-8)19-10-3-1-7(5-9(10)14)12(15)17-18/h1-6,18H,(H2,15,17). The van der Waals surface area contributed by atoms with Crippen LogP contribution in [0, 0.1) is 0 Å². The van der Waals surface area contributed by atoms with Gasteiger partial charge in [0.1, 0.15) is 5.03 Å². The molecule has 0 saturated heterocycles. The van der Waals surface area contributed by atoms with Crippen LogP contribution in [0.15, 0.2) is 60.6 Å². The lowest BCUT2D eigenvalue weighted by molar-refractivity contribution is 0.318. The first-order chi connectivity index (χ1) is 9.10. The van der Waals surface area contributed by atoms with E-state index in [9.17, 15) is 0 Å². The maximum atomic E-state index is 8.64. The molecule has 0 saturated carbocycles. The second-order valence-corrected chi connectivity index (χ2v) is 6.38. The summed E-state index contributed by atoms with van der Waals surface area (Å²) in [4.78, 5) is 5.30. The fourth-order valence-corrected chi connectivity index (χ4v) is 2.95. The van der Waals surface area contributed by atoms with E-state index in [0.29, 0.717) is 5.56 Å². The van der Waals surface area contributed by atoms with Gasteiger partial charge in [-0.25, -0.2) is 4.98 Å². The topological polar surface area (TPSA) is 71.5 Å². The fourth-order valence-electron chi connectivity index (χ4n) is 1.34. The Bertz CT molecular complexity index is 617. The number of nitrogens with zero attached hydrogens (tertiary/aromatic N) is 2. The van der Waals surface area contributed by atoms with E-state index in [0.717, 1.165) is 18.9 Å². The number of benzene rings is 1. The van der Waals surface area contributed by atoms with Crippen LogP contribution in [0.4, 0.5) is 0 Å². The second kappa shape index (κ2) is 6.40. The Balaban J connectivity index is 2.24. The van der Waals surface area contributed by atoms with Crippen molar-refractivity contribution in [2.75, 3.05) is 0 Å². The lowest BCUT2D eigenvalue weighted by atomic mass is 10.2. The van der Waals surface area contributed by atoms with Crippen LogP contribution in [0.2, 0.25) is 0 Å². The average molecular weight is 403 g/mol. The number of aromatic nitrogens is 1. The summed E-state index contributed by atoms with van der Waals surface area (Å²) >= 11 is 8.34. The lowest BCUT2D eigenvalue weighted by Gasteiger charge is -2.06. The molecule has 0 spiro atoms. The molecule has 0 aliphatic carbocycles. The molecule has 2 aromatic rings. The number of oxime groups is 1. The molecule has 0 fully saturated rings. The van der Waals surface area contributed by atoms with Crippen LogP contribution in [-0.4, -0.2) is 16.0 Å². The summed E-state index contributed by atoms with van der Waals surface area (Å²) < 4.78 is 1.81. The molecule has 0 amide bonds. The number of amidine groups is 1. The number of rotatable bonds is 3. The van der Waals surface area contributed by atoms with Gasteiger partial charge >= 0.3 is 0 Å². The first kappa shape index (κ1) is 14.4. The summed E-state index contributed by atoms with van der Waals surface area (Å²) in [6, 6.07) is 9.36. The molecule has 4 nitrogen and oxygen atoms in total. The van der Waals surface area contributed by atoms with Gasteiger partial charge in [0.25, 0.3) is 0 Å². The Morgan fingerprint density at radius 1 is 1.26 bits per heavy atom. The van der Waals surface area contributed by atoms with Gasteiger partial charge in [0, 0.05) is 25.6 Å². The summed E-state index contributed by atoms with van der Waals surface area (Å²) in [6.45, 7) is 0. The minimum absolute atomic E-state index is 0.0824. The van der Waals surface area contributed by atoms with Crippen molar-refractivity contribution in [2.24, 2.45) is 10.9 Å². The summed E-state index contributed by atoms with van der Waals surface area (Å²) in [5.74, 6) is 0.0824. The average Bonchev–Trinajstić information content (AvgIpc) is 2.42. The molecule has 3 N–H and O–H groups in total. The molecule has 0 bridgehead atoms. The molecule has 0 unspecified atom stereocenters. The van der Waals surface area contributed by atoms with Crippen molar-refractivity contribution in [3.05, 3.63) is 51.0 Å². The highest BCUT2D eigenvalue weighted by Crippen LogP contribution is 2.33. The van der Waals surface area contributed by atoms with E-state index in [2.05, 4.69) is 42.0 Å². The van der Waals surface area contributed by atoms with E-state index in [1.165, 1.54) is 11.8 Å². The van der Waals surface area contributed by atoms with Crippen LogP contribution < -0.4 is 5.73 Å². The zero-order valence-corrected chi connectivity index (χ0v) is 13.5. The first-order valence-electron chi connectivity index (χ1n) is 5.17. The molecule has 98 valence electrons. The maximum absolute atomic E-state index is 8.64. The van der Waals surface area contributed by atoms with E-state index < -0.39 is 0 Å². The van der Waals surface area contributed by atoms with Crippen molar-refractivity contribution in [3.63, 3.8) is 0 Å². The largest absolute Gasteiger partial charge is 0.409 e. The highest BCUT2D eigenvalue weighted by molar-refractivity contribution is 9.10. The molecule has 19 heavy (non-hydrogen) atoms. The molecule has 1 aromatic carbocycles. The van der Waals surface area contributed by atoms with Crippen molar-refractivity contribution < 1.29 is 5.21 Å². The molecular formula is C12H9Br2N3OS.